The van der Waals surface area contributed by atoms with E-state index in [0.717, 1.165) is 23.8 Å². The highest BCUT2D eigenvalue weighted by Gasteiger charge is 2.31. The number of fused-ring (bicyclic) bond motifs is 1. The average molecular weight is 638 g/mol. The van der Waals surface area contributed by atoms with E-state index in [1.54, 1.807) is 30.2 Å². The lowest BCUT2D eigenvalue weighted by Gasteiger charge is -2.33. The average Bonchev–Trinajstić information content (AvgIpc) is 3.04. The zero-order valence-corrected chi connectivity index (χ0v) is 27.2. The summed E-state index contributed by atoms with van der Waals surface area (Å²) in [5.74, 6) is 1.19. The van der Waals surface area contributed by atoms with Gasteiger partial charge in [0.2, 0.25) is 21.8 Å². The van der Waals surface area contributed by atoms with Gasteiger partial charge in [0, 0.05) is 38.0 Å². The molecule has 242 valence electrons. The molecule has 0 saturated carbocycles. The number of amides is 2. The molecule has 1 heterocycles. The van der Waals surface area contributed by atoms with Gasteiger partial charge in [0.15, 0.2) is 11.5 Å². The Hall–Kier alpha value is -4.25. The van der Waals surface area contributed by atoms with Crippen LogP contribution in [0.15, 0.2) is 72.8 Å². The fourth-order valence-corrected chi connectivity index (χ4v) is 6.11. The topological polar surface area (TPSA) is 114 Å². The van der Waals surface area contributed by atoms with Crippen LogP contribution in [0.4, 0.5) is 5.69 Å². The molecule has 0 fully saturated rings. The van der Waals surface area contributed by atoms with Gasteiger partial charge in [-0.1, -0.05) is 49.4 Å². The van der Waals surface area contributed by atoms with Crippen LogP contribution in [0, 0.1) is 0 Å². The molecule has 11 heteroatoms. The summed E-state index contributed by atoms with van der Waals surface area (Å²) in [6, 6.07) is 21.1. The Labute approximate surface area is 266 Å². The van der Waals surface area contributed by atoms with Crippen molar-refractivity contribution in [1.29, 1.82) is 0 Å². The Bertz CT molecular complexity index is 1550. The predicted molar refractivity (Wildman–Crippen MR) is 174 cm³/mol. The van der Waals surface area contributed by atoms with Crippen LogP contribution in [0.2, 0.25) is 0 Å². The maximum Gasteiger partial charge on any atom is 0.243 e. The van der Waals surface area contributed by atoms with Crippen LogP contribution in [-0.2, 0) is 32.6 Å². The molecule has 0 aromatic heterocycles. The Morgan fingerprint density at radius 2 is 1.67 bits per heavy atom. The Kier molecular flexibility index (Phi) is 11.7. The summed E-state index contributed by atoms with van der Waals surface area (Å²) in [7, 11) is -2.09. The maximum atomic E-state index is 14.1. The molecule has 0 bridgehead atoms. The number of rotatable bonds is 15. The Morgan fingerprint density at radius 3 is 2.36 bits per heavy atom. The molecule has 0 aliphatic carbocycles. The van der Waals surface area contributed by atoms with Crippen LogP contribution in [0.5, 0.6) is 17.2 Å². The van der Waals surface area contributed by atoms with Crippen LogP contribution in [-0.4, -0.2) is 70.3 Å². The van der Waals surface area contributed by atoms with E-state index in [4.69, 9.17) is 14.2 Å². The van der Waals surface area contributed by atoms with E-state index in [9.17, 15) is 18.0 Å². The number of hydrogen-bond donors (Lipinski definition) is 1. The summed E-state index contributed by atoms with van der Waals surface area (Å²) in [6.45, 7) is 4.98. The first-order valence-corrected chi connectivity index (χ1v) is 17.1. The van der Waals surface area contributed by atoms with Gasteiger partial charge in [-0.25, -0.2) is 8.42 Å². The van der Waals surface area contributed by atoms with Gasteiger partial charge in [0.25, 0.3) is 0 Å². The lowest BCUT2D eigenvalue weighted by Crippen LogP contribution is -2.52. The molecule has 1 aliphatic rings. The molecule has 1 N–H and O–H groups in total. The van der Waals surface area contributed by atoms with Crippen LogP contribution < -0.4 is 23.8 Å². The SMILES string of the molecule is CC[C@H](C)NC(=O)[C@@H](Cc1ccccc1)N(Cc1cccc(OC)c1)C(=O)CCCN(c1ccc2c(c1)OCCO2)S(C)(=O)=O. The number of carbonyl (C=O) groups excluding carboxylic acids is 2. The normalized spacial score (nSPS) is 13.8. The van der Waals surface area contributed by atoms with Gasteiger partial charge >= 0.3 is 0 Å². The quantitative estimate of drug-likeness (QED) is 0.260. The van der Waals surface area contributed by atoms with Crippen molar-refractivity contribution in [3.63, 3.8) is 0 Å². The van der Waals surface area contributed by atoms with Gasteiger partial charge in [0.05, 0.1) is 19.1 Å². The standard InChI is InChI=1S/C34H43N3O7S/c1-5-25(2)35-34(39)30(22-26-11-7-6-8-12-26)36(24-27-13-9-14-29(21-27)42-3)33(38)15-10-18-37(45(4,40)41)28-16-17-31-32(23-28)44-20-19-43-31/h6-9,11-14,16-17,21,23,25,30H,5,10,15,18-20,22,24H2,1-4H3,(H,35,39)/t25-,30+/m0/s1. The first-order valence-electron chi connectivity index (χ1n) is 15.2. The number of sulfonamides is 1. The second-order valence-electron chi connectivity index (χ2n) is 11.2. The highest BCUT2D eigenvalue weighted by molar-refractivity contribution is 7.92. The number of benzene rings is 3. The summed E-state index contributed by atoms with van der Waals surface area (Å²) in [5, 5.41) is 3.07. The molecule has 2 atom stereocenters. The van der Waals surface area contributed by atoms with Gasteiger partial charge in [-0.05, 0) is 55.2 Å². The smallest absolute Gasteiger partial charge is 0.243 e. The number of ether oxygens (including phenoxy) is 3. The minimum absolute atomic E-state index is 0.0302. The van der Waals surface area contributed by atoms with E-state index >= 15 is 0 Å². The van der Waals surface area contributed by atoms with Crippen LogP contribution in [0.1, 0.15) is 44.2 Å². The van der Waals surface area contributed by atoms with Crippen molar-refractivity contribution in [2.24, 2.45) is 0 Å². The molecule has 1 aliphatic heterocycles. The Balaban J connectivity index is 1.59. The van der Waals surface area contributed by atoms with Crippen LogP contribution in [0.3, 0.4) is 0 Å². The van der Waals surface area contributed by atoms with Crippen LogP contribution >= 0.6 is 0 Å². The molecule has 0 saturated heterocycles. The van der Waals surface area contributed by atoms with Crippen molar-refractivity contribution >= 4 is 27.5 Å². The zero-order chi connectivity index (χ0) is 32.4. The lowest BCUT2D eigenvalue weighted by atomic mass is 10.0. The fourth-order valence-electron chi connectivity index (χ4n) is 5.15. The van der Waals surface area contributed by atoms with Crippen molar-refractivity contribution in [2.75, 3.05) is 37.4 Å². The molecular weight excluding hydrogens is 594 g/mol. The second-order valence-corrected chi connectivity index (χ2v) is 13.1. The highest BCUT2D eigenvalue weighted by atomic mass is 32.2. The zero-order valence-electron chi connectivity index (χ0n) is 26.4. The summed E-state index contributed by atoms with van der Waals surface area (Å²) in [5.41, 5.74) is 2.16. The minimum atomic E-state index is -3.67. The molecular formula is C34H43N3O7S. The van der Waals surface area contributed by atoms with Crippen molar-refractivity contribution < 1.29 is 32.2 Å². The molecule has 4 rings (SSSR count). The third-order valence-electron chi connectivity index (χ3n) is 7.73. The first kappa shape index (κ1) is 33.6. The molecule has 2 amide bonds. The summed E-state index contributed by atoms with van der Waals surface area (Å²) >= 11 is 0. The lowest BCUT2D eigenvalue weighted by molar-refractivity contribution is -0.141. The number of anilines is 1. The van der Waals surface area contributed by atoms with Gasteiger partial charge in [-0.15, -0.1) is 0 Å². The van der Waals surface area contributed by atoms with E-state index in [2.05, 4.69) is 5.32 Å². The van der Waals surface area contributed by atoms with E-state index in [0.29, 0.717) is 42.6 Å². The third-order valence-corrected chi connectivity index (χ3v) is 8.92. The van der Waals surface area contributed by atoms with Gasteiger partial charge < -0.3 is 24.4 Å². The maximum absolute atomic E-state index is 14.1. The largest absolute Gasteiger partial charge is 0.497 e. The summed E-state index contributed by atoms with van der Waals surface area (Å²) in [6.07, 6.45) is 2.47. The number of methoxy groups -OCH3 is 1. The number of nitrogens with zero attached hydrogens (tertiary/aromatic N) is 2. The second kappa shape index (κ2) is 15.7. The number of hydrogen-bond acceptors (Lipinski definition) is 7. The summed E-state index contributed by atoms with van der Waals surface area (Å²) < 4.78 is 43.6. The highest BCUT2D eigenvalue weighted by Crippen LogP contribution is 2.35. The molecule has 3 aromatic carbocycles. The third kappa shape index (κ3) is 9.37. The van der Waals surface area contributed by atoms with Crippen molar-refractivity contribution in [3.05, 3.63) is 83.9 Å². The predicted octanol–water partition coefficient (Wildman–Crippen LogP) is 4.57. The fraction of sp³-hybridized carbons (Fsp3) is 0.412. The summed E-state index contributed by atoms with van der Waals surface area (Å²) in [4.78, 5) is 29.4. The van der Waals surface area contributed by atoms with E-state index < -0.39 is 16.1 Å². The van der Waals surface area contributed by atoms with E-state index in [1.807, 2.05) is 68.4 Å². The Morgan fingerprint density at radius 1 is 0.956 bits per heavy atom. The molecule has 0 unspecified atom stereocenters. The van der Waals surface area contributed by atoms with Gasteiger partial charge in [0.1, 0.15) is 25.0 Å². The molecule has 0 radical (unpaired) electrons. The molecule has 3 aromatic rings. The van der Waals surface area contributed by atoms with E-state index in [1.165, 1.54) is 4.31 Å². The van der Waals surface area contributed by atoms with Crippen molar-refractivity contribution in [3.8, 4) is 17.2 Å². The number of carbonyl (C=O) groups is 2. The van der Waals surface area contributed by atoms with Gasteiger partial charge in [-0.2, -0.15) is 0 Å². The minimum Gasteiger partial charge on any atom is -0.497 e. The van der Waals surface area contributed by atoms with E-state index in [-0.39, 0.29) is 43.8 Å². The molecule has 0 spiro atoms. The molecule has 10 nitrogen and oxygen atoms in total. The molecule has 45 heavy (non-hydrogen) atoms. The van der Waals surface area contributed by atoms with Crippen molar-refractivity contribution in [2.45, 2.75) is 58.2 Å². The monoisotopic (exact) mass is 637 g/mol. The van der Waals surface area contributed by atoms with Gasteiger partial charge in [-0.3, -0.25) is 13.9 Å². The van der Waals surface area contributed by atoms with Crippen LogP contribution in [0.25, 0.3) is 0 Å². The first-order chi connectivity index (χ1) is 21.6. The number of nitrogens with one attached hydrogen (secondary N) is 1. The van der Waals surface area contributed by atoms with Crippen molar-refractivity contribution in [1.82, 2.24) is 10.2 Å².